The molecule has 7 heteroatoms. The fourth-order valence-electron chi connectivity index (χ4n) is 2.30. The molecule has 2 heterocycles. The molecule has 0 aliphatic carbocycles. The number of nitrogens with zero attached hydrogens (tertiary/aromatic N) is 4. The van der Waals surface area contributed by atoms with Crippen LogP contribution in [0.4, 0.5) is 0 Å². The molecule has 1 unspecified atom stereocenters. The normalized spacial score (nSPS) is 11.9. The number of aromatic nitrogens is 4. The van der Waals surface area contributed by atoms with E-state index in [4.69, 9.17) is 0 Å². The number of hydrogen-bond acceptors (Lipinski definition) is 5. The van der Waals surface area contributed by atoms with Gasteiger partial charge in [0.1, 0.15) is 0 Å². The van der Waals surface area contributed by atoms with Crippen LogP contribution in [0.1, 0.15) is 12.5 Å². The van der Waals surface area contributed by atoms with Crippen molar-refractivity contribution in [2.75, 3.05) is 0 Å². The van der Waals surface area contributed by atoms with Gasteiger partial charge in [-0.1, -0.05) is 42.1 Å². The Morgan fingerprint density at radius 3 is 2.72 bits per heavy atom. The van der Waals surface area contributed by atoms with Crippen molar-refractivity contribution in [2.24, 2.45) is 7.05 Å². The van der Waals surface area contributed by atoms with Crippen LogP contribution in [-0.4, -0.2) is 30.9 Å². The van der Waals surface area contributed by atoms with Crippen molar-refractivity contribution >= 4 is 17.7 Å². The highest BCUT2D eigenvalue weighted by molar-refractivity contribution is 8.00. The Hall–Kier alpha value is -2.67. The van der Waals surface area contributed by atoms with Crippen LogP contribution < -0.4 is 5.32 Å². The minimum atomic E-state index is -0.270. The van der Waals surface area contributed by atoms with Gasteiger partial charge in [0.15, 0.2) is 11.0 Å². The standard InChI is InChI=1S/C18H19N5OS/c1-13(17(24)20-11-14-7-4-3-5-8-14)25-18-22-21-16(23(18)2)15-9-6-10-19-12-15/h3-10,12-13H,11H2,1-2H3,(H,20,24). The van der Waals surface area contributed by atoms with Gasteiger partial charge in [0.2, 0.25) is 5.91 Å². The summed E-state index contributed by atoms with van der Waals surface area (Å²) in [5.74, 6) is 0.701. The predicted octanol–water partition coefficient (Wildman–Crippen LogP) is 2.67. The molecule has 3 aromatic rings. The van der Waals surface area contributed by atoms with Crippen LogP contribution in [0.5, 0.6) is 0 Å². The Bertz CT molecular complexity index is 835. The molecular formula is C18H19N5OS. The SMILES string of the molecule is CC(Sc1nnc(-c2cccnc2)n1C)C(=O)NCc1ccccc1. The van der Waals surface area contributed by atoms with Crippen molar-refractivity contribution in [2.45, 2.75) is 23.9 Å². The van der Waals surface area contributed by atoms with E-state index in [0.717, 1.165) is 17.0 Å². The van der Waals surface area contributed by atoms with E-state index >= 15 is 0 Å². The average molecular weight is 353 g/mol. The molecule has 6 nitrogen and oxygen atoms in total. The van der Waals surface area contributed by atoms with Crippen molar-refractivity contribution < 1.29 is 4.79 Å². The summed E-state index contributed by atoms with van der Waals surface area (Å²) in [6, 6.07) is 13.6. The third-order valence-electron chi connectivity index (χ3n) is 3.72. The number of pyridine rings is 1. The van der Waals surface area contributed by atoms with E-state index in [1.54, 1.807) is 12.4 Å². The van der Waals surface area contributed by atoms with Crippen molar-refractivity contribution in [3.63, 3.8) is 0 Å². The van der Waals surface area contributed by atoms with Crippen LogP contribution in [0.2, 0.25) is 0 Å². The van der Waals surface area contributed by atoms with Crippen molar-refractivity contribution in [3.8, 4) is 11.4 Å². The smallest absolute Gasteiger partial charge is 0.233 e. The molecule has 0 saturated heterocycles. The first-order valence-electron chi connectivity index (χ1n) is 7.93. The predicted molar refractivity (Wildman–Crippen MR) is 97.8 cm³/mol. The van der Waals surface area contributed by atoms with Crippen LogP contribution in [0, 0.1) is 0 Å². The zero-order valence-corrected chi connectivity index (χ0v) is 14.9. The van der Waals surface area contributed by atoms with Gasteiger partial charge in [-0.2, -0.15) is 0 Å². The Kier molecular flexibility index (Phi) is 5.45. The molecule has 0 spiro atoms. The molecule has 0 aliphatic rings. The second kappa shape index (κ2) is 7.94. The summed E-state index contributed by atoms with van der Waals surface area (Å²) in [6.45, 7) is 2.38. The lowest BCUT2D eigenvalue weighted by Gasteiger charge is -2.11. The van der Waals surface area contributed by atoms with Gasteiger partial charge >= 0.3 is 0 Å². The second-order valence-electron chi connectivity index (χ2n) is 5.57. The molecule has 2 aromatic heterocycles. The van der Waals surface area contributed by atoms with Crippen LogP contribution in [0.15, 0.2) is 60.0 Å². The average Bonchev–Trinajstić information content (AvgIpc) is 3.01. The molecule has 1 N–H and O–H groups in total. The summed E-state index contributed by atoms with van der Waals surface area (Å²) >= 11 is 1.39. The molecular weight excluding hydrogens is 334 g/mol. The lowest BCUT2D eigenvalue weighted by molar-refractivity contribution is -0.120. The number of carbonyl (C=O) groups excluding carboxylic acids is 1. The fraction of sp³-hybridized carbons (Fsp3) is 0.222. The van der Waals surface area contributed by atoms with E-state index in [0.29, 0.717) is 11.7 Å². The molecule has 0 radical (unpaired) electrons. The number of carbonyl (C=O) groups is 1. The third kappa shape index (κ3) is 4.24. The third-order valence-corrected chi connectivity index (χ3v) is 4.85. The van der Waals surface area contributed by atoms with E-state index in [-0.39, 0.29) is 11.2 Å². The van der Waals surface area contributed by atoms with Crippen molar-refractivity contribution in [3.05, 3.63) is 60.4 Å². The molecule has 0 saturated carbocycles. The van der Waals surface area contributed by atoms with E-state index in [1.165, 1.54) is 11.8 Å². The van der Waals surface area contributed by atoms with Crippen LogP contribution in [-0.2, 0) is 18.4 Å². The van der Waals surface area contributed by atoms with Gasteiger partial charge in [-0.25, -0.2) is 0 Å². The monoisotopic (exact) mass is 353 g/mol. The fourth-order valence-corrected chi connectivity index (χ4v) is 3.14. The topological polar surface area (TPSA) is 72.7 Å². The quantitative estimate of drug-likeness (QED) is 0.690. The molecule has 1 amide bonds. The molecule has 1 aromatic carbocycles. The molecule has 0 bridgehead atoms. The number of amides is 1. The zero-order valence-electron chi connectivity index (χ0n) is 14.1. The first kappa shape index (κ1) is 17.2. The maximum Gasteiger partial charge on any atom is 0.233 e. The number of rotatable bonds is 6. The minimum absolute atomic E-state index is 0.0280. The minimum Gasteiger partial charge on any atom is -0.351 e. The summed E-state index contributed by atoms with van der Waals surface area (Å²) < 4.78 is 1.88. The van der Waals surface area contributed by atoms with Gasteiger partial charge in [-0.15, -0.1) is 10.2 Å². The van der Waals surface area contributed by atoms with Crippen LogP contribution >= 0.6 is 11.8 Å². The Labute approximate surface area is 150 Å². The van der Waals surface area contributed by atoms with Gasteiger partial charge in [0, 0.05) is 31.5 Å². The van der Waals surface area contributed by atoms with Gasteiger partial charge in [-0.3, -0.25) is 9.78 Å². The van der Waals surface area contributed by atoms with E-state index in [1.807, 2.05) is 61.0 Å². The van der Waals surface area contributed by atoms with Crippen molar-refractivity contribution in [1.82, 2.24) is 25.1 Å². The van der Waals surface area contributed by atoms with E-state index in [9.17, 15) is 4.79 Å². The number of nitrogens with one attached hydrogen (secondary N) is 1. The van der Waals surface area contributed by atoms with Gasteiger partial charge in [0.05, 0.1) is 5.25 Å². The highest BCUT2D eigenvalue weighted by atomic mass is 32.2. The first-order valence-corrected chi connectivity index (χ1v) is 8.81. The largest absolute Gasteiger partial charge is 0.351 e. The molecule has 128 valence electrons. The molecule has 25 heavy (non-hydrogen) atoms. The number of hydrogen-bond donors (Lipinski definition) is 1. The zero-order chi connectivity index (χ0) is 17.6. The molecule has 0 fully saturated rings. The summed E-state index contributed by atoms with van der Waals surface area (Å²) in [6.07, 6.45) is 3.46. The van der Waals surface area contributed by atoms with Crippen LogP contribution in [0.25, 0.3) is 11.4 Å². The number of thioether (sulfide) groups is 1. The van der Waals surface area contributed by atoms with E-state index < -0.39 is 0 Å². The van der Waals surface area contributed by atoms with Gasteiger partial charge in [-0.05, 0) is 24.6 Å². The Morgan fingerprint density at radius 2 is 2.00 bits per heavy atom. The lowest BCUT2D eigenvalue weighted by atomic mass is 10.2. The van der Waals surface area contributed by atoms with Gasteiger partial charge < -0.3 is 9.88 Å². The Morgan fingerprint density at radius 1 is 1.20 bits per heavy atom. The van der Waals surface area contributed by atoms with Crippen LogP contribution in [0.3, 0.4) is 0 Å². The summed E-state index contributed by atoms with van der Waals surface area (Å²) in [4.78, 5) is 16.4. The summed E-state index contributed by atoms with van der Waals surface area (Å²) in [7, 11) is 1.89. The highest BCUT2D eigenvalue weighted by Crippen LogP contribution is 2.25. The molecule has 1 atom stereocenters. The second-order valence-corrected chi connectivity index (χ2v) is 6.88. The maximum absolute atomic E-state index is 12.3. The number of benzene rings is 1. The molecule has 0 aliphatic heterocycles. The highest BCUT2D eigenvalue weighted by Gasteiger charge is 2.19. The van der Waals surface area contributed by atoms with Crippen molar-refractivity contribution in [1.29, 1.82) is 0 Å². The molecule has 3 rings (SSSR count). The first-order chi connectivity index (χ1) is 12.1. The summed E-state index contributed by atoms with van der Waals surface area (Å²) in [5, 5.41) is 11.8. The lowest BCUT2D eigenvalue weighted by Crippen LogP contribution is -2.30. The summed E-state index contributed by atoms with van der Waals surface area (Å²) in [5.41, 5.74) is 1.97. The van der Waals surface area contributed by atoms with Gasteiger partial charge in [0.25, 0.3) is 0 Å². The maximum atomic E-state index is 12.3. The van der Waals surface area contributed by atoms with E-state index in [2.05, 4.69) is 20.5 Å². The Balaban J connectivity index is 1.62.